The molecule has 2 amide bonds. The second kappa shape index (κ2) is 7.78. The third-order valence-corrected chi connectivity index (χ3v) is 5.05. The molecule has 0 bridgehead atoms. The van der Waals surface area contributed by atoms with E-state index in [-0.39, 0.29) is 23.3 Å². The molecule has 7 heteroatoms. The zero-order valence-electron chi connectivity index (χ0n) is 15.9. The molecule has 3 rings (SSSR count). The van der Waals surface area contributed by atoms with Crippen LogP contribution in [0.25, 0.3) is 0 Å². The minimum atomic E-state index is -0.451. The van der Waals surface area contributed by atoms with E-state index in [1.165, 1.54) is 0 Å². The van der Waals surface area contributed by atoms with E-state index < -0.39 is 6.04 Å². The monoisotopic (exact) mass is 363 g/mol. The summed E-state index contributed by atoms with van der Waals surface area (Å²) in [6.07, 6.45) is 4.83. The Bertz CT molecular complexity index is 643. The summed E-state index contributed by atoms with van der Waals surface area (Å²) in [5.41, 5.74) is -0.176. The summed E-state index contributed by atoms with van der Waals surface area (Å²) >= 11 is 0. The number of rotatable bonds is 4. The number of amides is 2. The van der Waals surface area contributed by atoms with Crippen LogP contribution in [-0.2, 0) is 19.7 Å². The van der Waals surface area contributed by atoms with Crippen molar-refractivity contribution >= 4 is 17.6 Å². The summed E-state index contributed by atoms with van der Waals surface area (Å²) in [6, 6.07) is 1.30. The van der Waals surface area contributed by atoms with Crippen molar-refractivity contribution in [3.05, 3.63) is 11.8 Å². The fourth-order valence-corrected chi connectivity index (χ4v) is 3.52. The normalized spacial score (nSPS) is 23.9. The molecular formula is C19H29N3O4. The average Bonchev–Trinajstić information content (AvgIpc) is 3.26. The average molecular weight is 363 g/mol. The van der Waals surface area contributed by atoms with Gasteiger partial charge >= 0.3 is 0 Å². The van der Waals surface area contributed by atoms with E-state index in [1.807, 2.05) is 20.8 Å². The molecule has 2 atom stereocenters. The lowest BCUT2D eigenvalue weighted by Gasteiger charge is -2.35. The summed E-state index contributed by atoms with van der Waals surface area (Å²) in [7, 11) is 0. The van der Waals surface area contributed by atoms with E-state index in [4.69, 9.17) is 9.26 Å². The molecule has 7 nitrogen and oxygen atoms in total. The summed E-state index contributed by atoms with van der Waals surface area (Å²) in [5, 5.41) is 6.75. The van der Waals surface area contributed by atoms with Gasteiger partial charge in [0.15, 0.2) is 5.82 Å². The second-order valence-electron chi connectivity index (χ2n) is 8.25. The molecule has 0 aromatic carbocycles. The van der Waals surface area contributed by atoms with Crippen LogP contribution in [0.2, 0.25) is 0 Å². The van der Waals surface area contributed by atoms with Gasteiger partial charge in [0.2, 0.25) is 11.8 Å². The van der Waals surface area contributed by atoms with Gasteiger partial charge in [0.1, 0.15) is 11.8 Å². The second-order valence-corrected chi connectivity index (χ2v) is 8.25. The molecule has 0 saturated carbocycles. The van der Waals surface area contributed by atoms with Gasteiger partial charge in [-0.1, -0.05) is 25.9 Å². The third-order valence-electron chi connectivity index (χ3n) is 5.05. The van der Waals surface area contributed by atoms with Gasteiger partial charge in [-0.15, -0.1) is 0 Å². The van der Waals surface area contributed by atoms with Crippen molar-refractivity contribution in [2.45, 2.75) is 76.9 Å². The lowest BCUT2D eigenvalue weighted by molar-refractivity contribution is -0.142. The van der Waals surface area contributed by atoms with E-state index in [9.17, 15) is 9.59 Å². The molecule has 1 N–H and O–H groups in total. The third kappa shape index (κ3) is 4.44. The Kier molecular flexibility index (Phi) is 5.65. The van der Waals surface area contributed by atoms with E-state index in [2.05, 4.69) is 10.5 Å². The lowest BCUT2D eigenvalue weighted by Crippen LogP contribution is -2.50. The van der Waals surface area contributed by atoms with Crippen LogP contribution in [0.5, 0.6) is 0 Å². The number of ether oxygens (including phenoxy) is 1. The zero-order valence-corrected chi connectivity index (χ0v) is 15.9. The Balaban J connectivity index is 1.63. The van der Waals surface area contributed by atoms with Crippen LogP contribution in [0.3, 0.4) is 0 Å². The van der Waals surface area contributed by atoms with Gasteiger partial charge in [-0.2, -0.15) is 0 Å². The summed E-state index contributed by atoms with van der Waals surface area (Å²) in [4.78, 5) is 27.2. The van der Waals surface area contributed by atoms with Crippen molar-refractivity contribution in [3.8, 4) is 0 Å². The summed E-state index contributed by atoms with van der Waals surface area (Å²) < 4.78 is 10.9. The standard InChI is InChI=1S/C19H29N3O4/c1-19(2,3)15-12-16(21-26-15)20-18(24)14-8-4-5-9-22(14)17(23)11-13-7-6-10-25-13/h12-14H,4-11H2,1-3H3,(H,20,21,24). The molecule has 1 aromatic rings. The number of piperidine rings is 1. The van der Waals surface area contributed by atoms with Crippen molar-refractivity contribution in [1.82, 2.24) is 10.1 Å². The number of carbonyl (C=O) groups excluding carboxylic acids is 2. The maximum Gasteiger partial charge on any atom is 0.248 e. The summed E-state index contributed by atoms with van der Waals surface area (Å²) in [5.74, 6) is 0.922. The molecule has 1 aromatic heterocycles. The first-order chi connectivity index (χ1) is 12.3. The quantitative estimate of drug-likeness (QED) is 0.889. The highest BCUT2D eigenvalue weighted by atomic mass is 16.5. The predicted molar refractivity (Wildman–Crippen MR) is 96.8 cm³/mol. The molecule has 2 aliphatic heterocycles. The predicted octanol–water partition coefficient (Wildman–Crippen LogP) is 2.86. The molecule has 2 saturated heterocycles. The van der Waals surface area contributed by atoms with Gasteiger partial charge in [0.05, 0.1) is 12.5 Å². The zero-order chi connectivity index (χ0) is 18.7. The number of nitrogens with zero attached hydrogens (tertiary/aromatic N) is 2. The van der Waals surface area contributed by atoms with Crippen molar-refractivity contribution < 1.29 is 18.8 Å². The van der Waals surface area contributed by atoms with E-state index >= 15 is 0 Å². The van der Waals surface area contributed by atoms with Crippen molar-refractivity contribution in [2.24, 2.45) is 0 Å². The highest BCUT2D eigenvalue weighted by Crippen LogP contribution is 2.26. The molecule has 0 aliphatic carbocycles. The van der Waals surface area contributed by atoms with Gasteiger partial charge in [-0.05, 0) is 32.1 Å². The Morgan fingerprint density at radius 3 is 2.73 bits per heavy atom. The largest absolute Gasteiger partial charge is 0.378 e. The van der Waals surface area contributed by atoms with Crippen LogP contribution in [0.15, 0.2) is 10.6 Å². The lowest BCUT2D eigenvalue weighted by atomic mass is 9.93. The number of hydrogen-bond donors (Lipinski definition) is 1. The van der Waals surface area contributed by atoms with Crippen LogP contribution in [0.4, 0.5) is 5.82 Å². The maximum absolute atomic E-state index is 12.8. The van der Waals surface area contributed by atoms with Crippen molar-refractivity contribution in [2.75, 3.05) is 18.5 Å². The van der Waals surface area contributed by atoms with Gasteiger partial charge in [-0.3, -0.25) is 9.59 Å². The number of carbonyl (C=O) groups is 2. The molecule has 3 heterocycles. The fraction of sp³-hybridized carbons (Fsp3) is 0.737. The molecule has 2 unspecified atom stereocenters. The van der Waals surface area contributed by atoms with Gasteiger partial charge in [-0.25, -0.2) is 0 Å². The maximum atomic E-state index is 12.8. The van der Waals surface area contributed by atoms with Crippen LogP contribution >= 0.6 is 0 Å². The first kappa shape index (κ1) is 18.9. The van der Waals surface area contributed by atoms with Crippen LogP contribution in [0.1, 0.15) is 65.1 Å². The SMILES string of the molecule is CC(C)(C)c1cc(NC(=O)C2CCCCN2C(=O)CC2CCCO2)no1. The number of hydrogen-bond acceptors (Lipinski definition) is 5. The highest BCUT2D eigenvalue weighted by molar-refractivity contribution is 5.96. The van der Waals surface area contributed by atoms with Crippen LogP contribution < -0.4 is 5.32 Å². The summed E-state index contributed by atoms with van der Waals surface area (Å²) in [6.45, 7) is 7.41. The molecular weight excluding hydrogens is 334 g/mol. The Morgan fingerprint density at radius 1 is 1.27 bits per heavy atom. The van der Waals surface area contributed by atoms with Crippen LogP contribution in [-0.4, -0.2) is 47.2 Å². The topological polar surface area (TPSA) is 84.7 Å². The van der Waals surface area contributed by atoms with Gasteiger partial charge in [0.25, 0.3) is 0 Å². The molecule has 0 radical (unpaired) electrons. The minimum Gasteiger partial charge on any atom is -0.378 e. The molecule has 144 valence electrons. The fourth-order valence-electron chi connectivity index (χ4n) is 3.52. The number of likely N-dealkylation sites (tertiary alicyclic amines) is 1. The molecule has 2 fully saturated rings. The Morgan fingerprint density at radius 2 is 2.08 bits per heavy atom. The number of anilines is 1. The van der Waals surface area contributed by atoms with E-state index in [0.717, 1.165) is 32.3 Å². The number of aromatic nitrogens is 1. The van der Waals surface area contributed by atoms with E-state index in [1.54, 1.807) is 11.0 Å². The molecule has 26 heavy (non-hydrogen) atoms. The molecule has 0 spiro atoms. The first-order valence-corrected chi connectivity index (χ1v) is 9.54. The van der Waals surface area contributed by atoms with Gasteiger partial charge in [0, 0.05) is 24.6 Å². The minimum absolute atomic E-state index is 0.00183. The highest BCUT2D eigenvalue weighted by Gasteiger charge is 2.34. The van der Waals surface area contributed by atoms with Crippen LogP contribution in [0, 0.1) is 0 Å². The number of nitrogens with one attached hydrogen (secondary N) is 1. The van der Waals surface area contributed by atoms with Gasteiger partial charge < -0.3 is 19.5 Å². The Labute approximate surface area is 154 Å². The van der Waals surface area contributed by atoms with E-state index in [0.29, 0.717) is 31.0 Å². The first-order valence-electron chi connectivity index (χ1n) is 9.54. The Hall–Kier alpha value is -1.89. The van der Waals surface area contributed by atoms with Crippen molar-refractivity contribution in [1.29, 1.82) is 0 Å². The smallest absolute Gasteiger partial charge is 0.248 e. The van der Waals surface area contributed by atoms with Crippen molar-refractivity contribution in [3.63, 3.8) is 0 Å². The molecule has 2 aliphatic rings.